The molecule has 2 aromatic rings. The highest BCUT2D eigenvalue weighted by Gasteiger charge is 2.56. The maximum atomic E-state index is 12.9. The van der Waals surface area contributed by atoms with Crippen molar-refractivity contribution in [2.75, 3.05) is 13.1 Å². The van der Waals surface area contributed by atoms with Gasteiger partial charge in [0.25, 0.3) is 5.91 Å². The number of H-pyrrole nitrogens is 1. The Labute approximate surface area is 163 Å². The molecule has 146 valence electrons. The first-order valence-electron chi connectivity index (χ1n) is 9.89. The van der Waals surface area contributed by atoms with Crippen molar-refractivity contribution in [2.45, 2.75) is 45.2 Å². The zero-order valence-electron chi connectivity index (χ0n) is 16.2. The SMILES string of the molecule is Cc1ccc2[nH]c3c(c2c1)CN(C(=O)CN1C(=O)N[C@](C)(C2CC2)C1=O)CC3. The fourth-order valence-corrected chi connectivity index (χ4v) is 4.57. The predicted molar refractivity (Wildman–Crippen MR) is 104 cm³/mol. The number of hydrogen-bond acceptors (Lipinski definition) is 3. The highest BCUT2D eigenvalue weighted by molar-refractivity contribution is 6.09. The van der Waals surface area contributed by atoms with Crippen LogP contribution in [0.4, 0.5) is 4.79 Å². The highest BCUT2D eigenvalue weighted by atomic mass is 16.2. The van der Waals surface area contributed by atoms with Gasteiger partial charge in [0.15, 0.2) is 0 Å². The van der Waals surface area contributed by atoms with E-state index in [0.29, 0.717) is 13.1 Å². The molecular weight excluding hydrogens is 356 g/mol. The molecule has 0 bridgehead atoms. The first-order valence-corrected chi connectivity index (χ1v) is 9.89. The molecule has 0 radical (unpaired) electrons. The van der Waals surface area contributed by atoms with E-state index < -0.39 is 11.6 Å². The van der Waals surface area contributed by atoms with Crippen LogP contribution in [0, 0.1) is 12.8 Å². The van der Waals surface area contributed by atoms with E-state index in [1.165, 1.54) is 11.3 Å². The second-order valence-corrected chi connectivity index (χ2v) is 8.49. The molecule has 3 heterocycles. The molecule has 2 aliphatic heterocycles. The minimum atomic E-state index is -0.846. The summed E-state index contributed by atoms with van der Waals surface area (Å²) < 4.78 is 0. The first-order chi connectivity index (χ1) is 13.4. The Morgan fingerprint density at radius 2 is 2.07 bits per heavy atom. The normalized spacial score (nSPS) is 24.6. The Balaban J connectivity index is 1.34. The van der Waals surface area contributed by atoms with Crippen molar-refractivity contribution in [1.29, 1.82) is 0 Å². The minimum Gasteiger partial charge on any atom is -0.358 e. The molecule has 1 aromatic carbocycles. The summed E-state index contributed by atoms with van der Waals surface area (Å²) in [5.74, 6) is -0.263. The van der Waals surface area contributed by atoms with Crippen LogP contribution in [0.25, 0.3) is 10.9 Å². The number of nitrogens with zero attached hydrogens (tertiary/aromatic N) is 2. The van der Waals surface area contributed by atoms with Gasteiger partial charge in [-0.3, -0.25) is 14.5 Å². The monoisotopic (exact) mass is 380 g/mol. The van der Waals surface area contributed by atoms with Gasteiger partial charge in [0.1, 0.15) is 12.1 Å². The Morgan fingerprint density at radius 3 is 2.82 bits per heavy atom. The summed E-state index contributed by atoms with van der Waals surface area (Å²) in [6.45, 7) is 4.72. The Morgan fingerprint density at radius 1 is 1.29 bits per heavy atom. The summed E-state index contributed by atoms with van der Waals surface area (Å²) >= 11 is 0. The number of rotatable bonds is 3. The molecule has 1 atom stereocenters. The third-order valence-electron chi connectivity index (χ3n) is 6.47. The number of aromatic nitrogens is 1. The molecule has 2 N–H and O–H groups in total. The van der Waals surface area contributed by atoms with Crippen molar-refractivity contribution in [2.24, 2.45) is 5.92 Å². The van der Waals surface area contributed by atoms with Gasteiger partial charge in [-0.25, -0.2) is 4.79 Å². The maximum absolute atomic E-state index is 12.9. The van der Waals surface area contributed by atoms with E-state index in [1.54, 1.807) is 11.8 Å². The van der Waals surface area contributed by atoms with Crippen molar-refractivity contribution < 1.29 is 14.4 Å². The van der Waals surface area contributed by atoms with Crippen molar-refractivity contribution in [3.8, 4) is 0 Å². The molecule has 1 saturated heterocycles. The number of hydrogen-bond donors (Lipinski definition) is 2. The lowest BCUT2D eigenvalue weighted by Crippen LogP contribution is -2.47. The van der Waals surface area contributed by atoms with Gasteiger partial charge in [-0.2, -0.15) is 0 Å². The van der Waals surface area contributed by atoms with Crippen molar-refractivity contribution in [1.82, 2.24) is 20.1 Å². The van der Waals surface area contributed by atoms with Gasteiger partial charge in [-0.15, -0.1) is 0 Å². The highest BCUT2D eigenvalue weighted by Crippen LogP contribution is 2.42. The van der Waals surface area contributed by atoms with E-state index in [4.69, 9.17) is 0 Å². The summed E-state index contributed by atoms with van der Waals surface area (Å²) in [5, 5.41) is 3.95. The van der Waals surface area contributed by atoms with Crippen LogP contribution in [0.1, 0.15) is 36.6 Å². The van der Waals surface area contributed by atoms with Gasteiger partial charge < -0.3 is 15.2 Å². The molecule has 0 unspecified atom stereocenters. The van der Waals surface area contributed by atoms with Crippen LogP contribution in [-0.2, 0) is 22.6 Å². The van der Waals surface area contributed by atoms with Crippen molar-refractivity contribution in [3.05, 3.63) is 35.0 Å². The van der Waals surface area contributed by atoms with Crippen LogP contribution in [0.3, 0.4) is 0 Å². The van der Waals surface area contributed by atoms with E-state index in [2.05, 4.69) is 35.4 Å². The van der Waals surface area contributed by atoms with Gasteiger partial charge in [0.2, 0.25) is 5.91 Å². The molecule has 1 aromatic heterocycles. The lowest BCUT2D eigenvalue weighted by molar-refractivity contribution is -0.139. The van der Waals surface area contributed by atoms with Crippen molar-refractivity contribution in [3.63, 3.8) is 0 Å². The number of aromatic amines is 1. The average Bonchev–Trinajstić information content (AvgIpc) is 3.43. The second kappa shape index (κ2) is 5.83. The van der Waals surface area contributed by atoms with E-state index in [9.17, 15) is 14.4 Å². The summed E-state index contributed by atoms with van der Waals surface area (Å²) in [6.07, 6.45) is 2.63. The molecular formula is C21H24N4O3. The fraction of sp³-hybridized carbons (Fsp3) is 0.476. The molecule has 28 heavy (non-hydrogen) atoms. The van der Waals surface area contributed by atoms with Crippen LogP contribution in [-0.4, -0.2) is 51.3 Å². The van der Waals surface area contributed by atoms with Gasteiger partial charge in [-0.1, -0.05) is 11.6 Å². The topological polar surface area (TPSA) is 85.5 Å². The third kappa shape index (κ3) is 2.52. The molecule has 0 spiro atoms. The quantitative estimate of drug-likeness (QED) is 0.800. The Bertz CT molecular complexity index is 1020. The molecule has 5 rings (SSSR count). The molecule has 3 aliphatic rings. The zero-order chi connectivity index (χ0) is 19.6. The summed E-state index contributed by atoms with van der Waals surface area (Å²) in [4.78, 5) is 44.3. The predicted octanol–water partition coefficient (Wildman–Crippen LogP) is 2.08. The summed E-state index contributed by atoms with van der Waals surface area (Å²) in [5.41, 5.74) is 3.72. The zero-order valence-corrected chi connectivity index (χ0v) is 16.2. The number of amides is 4. The smallest absolute Gasteiger partial charge is 0.325 e. The average molecular weight is 380 g/mol. The Hall–Kier alpha value is -2.83. The molecule has 4 amide bonds. The fourth-order valence-electron chi connectivity index (χ4n) is 4.57. The number of carbonyl (C=O) groups is 3. The van der Waals surface area contributed by atoms with Gasteiger partial charge in [0.05, 0.1) is 0 Å². The third-order valence-corrected chi connectivity index (χ3v) is 6.47. The number of benzene rings is 1. The molecule has 2 fully saturated rings. The van der Waals surface area contributed by atoms with Crippen LogP contribution in [0.5, 0.6) is 0 Å². The number of imide groups is 1. The van der Waals surface area contributed by atoms with Crippen molar-refractivity contribution >= 4 is 28.7 Å². The second-order valence-electron chi connectivity index (χ2n) is 8.49. The summed E-state index contributed by atoms with van der Waals surface area (Å²) in [6, 6.07) is 5.83. The van der Waals surface area contributed by atoms with Gasteiger partial charge >= 0.3 is 6.03 Å². The number of carbonyl (C=O) groups excluding carboxylic acids is 3. The van der Waals surface area contributed by atoms with Crippen LogP contribution >= 0.6 is 0 Å². The Kier molecular flexibility index (Phi) is 3.60. The minimum absolute atomic E-state index is 0.184. The van der Waals surface area contributed by atoms with Gasteiger partial charge in [0, 0.05) is 41.7 Å². The van der Waals surface area contributed by atoms with E-state index in [0.717, 1.165) is 40.6 Å². The molecule has 1 saturated carbocycles. The standard InChI is InChI=1S/C21H24N4O3/c1-12-3-6-16-14(9-12)15-10-24(8-7-17(15)22-16)18(26)11-25-19(27)21(2,13-4-5-13)23-20(25)28/h3,6,9,13,22H,4-5,7-8,10-11H2,1-2H3,(H,23,28)/t21-/m1/s1. The lowest BCUT2D eigenvalue weighted by atomic mass is 9.96. The lowest BCUT2D eigenvalue weighted by Gasteiger charge is -2.28. The number of aryl methyl sites for hydroxylation is 1. The summed E-state index contributed by atoms with van der Waals surface area (Å²) in [7, 11) is 0. The van der Waals surface area contributed by atoms with E-state index >= 15 is 0 Å². The van der Waals surface area contributed by atoms with Crippen LogP contribution < -0.4 is 5.32 Å². The van der Waals surface area contributed by atoms with Crippen LogP contribution in [0.2, 0.25) is 0 Å². The molecule has 7 nitrogen and oxygen atoms in total. The first kappa shape index (κ1) is 17.3. The largest absolute Gasteiger partial charge is 0.358 e. The number of urea groups is 1. The molecule has 7 heteroatoms. The van der Waals surface area contributed by atoms with E-state index in [1.807, 2.05) is 0 Å². The maximum Gasteiger partial charge on any atom is 0.325 e. The van der Waals surface area contributed by atoms with E-state index in [-0.39, 0.29) is 24.3 Å². The number of fused-ring (bicyclic) bond motifs is 3. The van der Waals surface area contributed by atoms with Gasteiger partial charge in [-0.05, 0) is 44.7 Å². The number of nitrogens with one attached hydrogen (secondary N) is 2. The van der Waals surface area contributed by atoms with Crippen LogP contribution in [0.15, 0.2) is 18.2 Å². The molecule has 1 aliphatic carbocycles.